The van der Waals surface area contributed by atoms with Crippen LogP contribution in [0.25, 0.3) is 16.7 Å². The quantitative estimate of drug-likeness (QED) is 0.261. The number of carbonyl (C=O) groups is 2. The normalized spacial score (nSPS) is 13.9. The van der Waals surface area contributed by atoms with Crippen molar-refractivity contribution >= 4 is 17.4 Å². The minimum absolute atomic E-state index is 0.210. The van der Waals surface area contributed by atoms with Crippen molar-refractivity contribution in [1.82, 2.24) is 10.6 Å². The lowest BCUT2D eigenvalue weighted by molar-refractivity contribution is -0.114. The summed E-state index contributed by atoms with van der Waals surface area (Å²) in [6, 6.07) is 15.1. The van der Waals surface area contributed by atoms with Gasteiger partial charge in [-0.25, -0.2) is 0 Å². The SMILES string of the molecule is COc1ccc(-c2ccc3c(c2)C(=CNCc2ccc(O)c(O)c2)C(=O)NC3=O)c(OC)c1. The lowest BCUT2D eigenvalue weighted by Gasteiger charge is -2.20. The molecule has 8 heteroatoms. The smallest absolute Gasteiger partial charge is 0.260 e. The average Bonchev–Trinajstić information content (AvgIpc) is 2.82. The highest BCUT2D eigenvalue weighted by molar-refractivity contribution is 6.31. The second-order valence-electron chi connectivity index (χ2n) is 7.37. The summed E-state index contributed by atoms with van der Waals surface area (Å²) in [6.45, 7) is 0.292. The van der Waals surface area contributed by atoms with Gasteiger partial charge in [-0.3, -0.25) is 14.9 Å². The van der Waals surface area contributed by atoms with Gasteiger partial charge in [0, 0.05) is 35.5 Å². The summed E-state index contributed by atoms with van der Waals surface area (Å²) in [4.78, 5) is 25.0. The molecule has 1 heterocycles. The number of hydrogen-bond donors (Lipinski definition) is 4. The van der Waals surface area contributed by atoms with Crippen molar-refractivity contribution in [3.8, 4) is 34.1 Å². The fourth-order valence-corrected chi connectivity index (χ4v) is 3.62. The first-order valence-corrected chi connectivity index (χ1v) is 10.1. The number of methoxy groups -OCH3 is 2. The Morgan fingerprint density at radius 3 is 2.36 bits per heavy atom. The number of phenols is 2. The number of ether oxygens (including phenoxy) is 2. The van der Waals surface area contributed by atoms with Crippen molar-refractivity contribution in [2.75, 3.05) is 14.2 Å². The van der Waals surface area contributed by atoms with Gasteiger partial charge in [0.05, 0.1) is 19.8 Å². The van der Waals surface area contributed by atoms with E-state index in [1.165, 1.54) is 18.3 Å². The molecule has 3 aromatic carbocycles. The van der Waals surface area contributed by atoms with Crippen molar-refractivity contribution < 1.29 is 29.3 Å². The fourth-order valence-electron chi connectivity index (χ4n) is 3.62. The minimum atomic E-state index is -0.521. The van der Waals surface area contributed by atoms with Crippen LogP contribution in [0.5, 0.6) is 23.0 Å². The maximum absolute atomic E-state index is 12.6. The maximum Gasteiger partial charge on any atom is 0.260 e. The average molecular weight is 446 g/mol. The molecule has 1 aliphatic heterocycles. The summed E-state index contributed by atoms with van der Waals surface area (Å²) in [7, 11) is 3.13. The zero-order chi connectivity index (χ0) is 23.5. The predicted octanol–water partition coefficient (Wildman–Crippen LogP) is 3.18. The van der Waals surface area contributed by atoms with Crippen LogP contribution >= 0.6 is 0 Å². The topological polar surface area (TPSA) is 117 Å². The van der Waals surface area contributed by atoms with E-state index in [2.05, 4.69) is 10.6 Å². The molecular formula is C25H22N2O6. The number of rotatable bonds is 6. The van der Waals surface area contributed by atoms with Crippen LogP contribution in [0.2, 0.25) is 0 Å². The van der Waals surface area contributed by atoms with Gasteiger partial charge < -0.3 is 25.0 Å². The minimum Gasteiger partial charge on any atom is -0.504 e. The molecule has 2 amide bonds. The number of phenolic OH excluding ortho intramolecular Hbond substituents is 2. The Morgan fingerprint density at radius 2 is 1.64 bits per heavy atom. The van der Waals surface area contributed by atoms with Crippen LogP contribution in [0.15, 0.2) is 60.8 Å². The van der Waals surface area contributed by atoms with E-state index in [1.807, 2.05) is 6.07 Å². The first-order valence-electron chi connectivity index (χ1n) is 10.1. The highest BCUT2D eigenvalue weighted by Crippen LogP contribution is 2.36. The third-order valence-corrected chi connectivity index (χ3v) is 5.34. The molecule has 0 bridgehead atoms. The molecule has 0 saturated heterocycles. The van der Waals surface area contributed by atoms with Crippen molar-refractivity contribution in [3.63, 3.8) is 0 Å². The second kappa shape index (κ2) is 8.96. The summed E-state index contributed by atoms with van der Waals surface area (Å²) < 4.78 is 10.7. The summed E-state index contributed by atoms with van der Waals surface area (Å²) in [5.41, 5.74) is 3.41. The third-order valence-electron chi connectivity index (χ3n) is 5.34. The number of imide groups is 1. The van der Waals surface area contributed by atoms with Crippen molar-refractivity contribution in [1.29, 1.82) is 0 Å². The van der Waals surface area contributed by atoms with Crippen LogP contribution in [0.4, 0.5) is 0 Å². The lowest BCUT2D eigenvalue weighted by Crippen LogP contribution is -2.37. The van der Waals surface area contributed by atoms with Gasteiger partial charge in [0.25, 0.3) is 11.8 Å². The number of hydrogen-bond acceptors (Lipinski definition) is 7. The molecule has 0 radical (unpaired) electrons. The largest absolute Gasteiger partial charge is 0.504 e. The number of aromatic hydroxyl groups is 2. The molecule has 0 saturated carbocycles. The number of carbonyl (C=O) groups excluding carboxylic acids is 2. The Morgan fingerprint density at radius 1 is 0.848 bits per heavy atom. The highest BCUT2D eigenvalue weighted by atomic mass is 16.5. The van der Waals surface area contributed by atoms with Gasteiger partial charge in [0.1, 0.15) is 11.5 Å². The summed E-state index contributed by atoms with van der Waals surface area (Å²) in [5, 5.41) is 24.5. The van der Waals surface area contributed by atoms with Gasteiger partial charge in [0.2, 0.25) is 0 Å². The predicted molar refractivity (Wildman–Crippen MR) is 122 cm³/mol. The molecule has 0 aromatic heterocycles. The van der Waals surface area contributed by atoms with Gasteiger partial charge in [-0.1, -0.05) is 12.1 Å². The van der Waals surface area contributed by atoms with Crippen LogP contribution in [-0.2, 0) is 11.3 Å². The van der Waals surface area contributed by atoms with Gasteiger partial charge in [-0.05, 0) is 47.5 Å². The van der Waals surface area contributed by atoms with Crippen molar-refractivity contribution in [2.45, 2.75) is 6.54 Å². The first-order chi connectivity index (χ1) is 15.9. The molecule has 0 aliphatic carbocycles. The Hall–Kier alpha value is -4.46. The van der Waals surface area contributed by atoms with E-state index >= 15 is 0 Å². The number of amides is 2. The van der Waals surface area contributed by atoms with Gasteiger partial charge >= 0.3 is 0 Å². The van der Waals surface area contributed by atoms with E-state index in [9.17, 15) is 19.8 Å². The molecule has 33 heavy (non-hydrogen) atoms. The summed E-state index contributed by atoms with van der Waals surface area (Å²) in [6.07, 6.45) is 1.53. The van der Waals surface area contributed by atoms with Gasteiger partial charge in [0.15, 0.2) is 11.5 Å². The fraction of sp³-hybridized carbons (Fsp3) is 0.120. The number of fused-ring (bicyclic) bond motifs is 1. The van der Waals surface area contributed by atoms with E-state index in [0.717, 1.165) is 11.1 Å². The van der Waals surface area contributed by atoms with Gasteiger partial charge in [-0.2, -0.15) is 0 Å². The Labute approximate surface area is 190 Å². The molecule has 0 atom stereocenters. The van der Waals surface area contributed by atoms with Crippen LogP contribution in [-0.4, -0.2) is 36.2 Å². The Balaban J connectivity index is 1.69. The molecule has 8 nitrogen and oxygen atoms in total. The second-order valence-corrected chi connectivity index (χ2v) is 7.37. The zero-order valence-electron chi connectivity index (χ0n) is 18.0. The highest BCUT2D eigenvalue weighted by Gasteiger charge is 2.28. The zero-order valence-corrected chi connectivity index (χ0v) is 18.0. The molecule has 3 aromatic rings. The molecule has 168 valence electrons. The third kappa shape index (κ3) is 4.31. The molecule has 0 spiro atoms. The monoisotopic (exact) mass is 446 g/mol. The summed E-state index contributed by atoms with van der Waals surface area (Å²) in [5.74, 6) is -0.190. The summed E-state index contributed by atoms with van der Waals surface area (Å²) >= 11 is 0. The first kappa shape index (κ1) is 21.8. The Kier molecular flexibility index (Phi) is 5.91. The van der Waals surface area contributed by atoms with Crippen molar-refractivity contribution in [2.24, 2.45) is 0 Å². The lowest BCUT2D eigenvalue weighted by atomic mass is 9.91. The molecule has 0 fully saturated rings. The maximum atomic E-state index is 12.6. The Bertz CT molecular complexity index is 1280. The van der Waals surface area contributed by atoms with Crippen molar-refractivity contribution in [3.05, 3.63) is 77.5 Å². The van der Waals surface area contributed by atoms with Crippen LogP contribution in [0.3, 0.4) is 0 Å². The van der Waals surface area contributed by atoms with E-state index in [0.29, 0.717) is 40.3 Å². The van der Waals surface area contributed by atoms with E-state index in [4.69, 9.17) is 9.47 Å². The van der Waals surface area contributed by atoms with Crippen LogP contribution in [0.1, 0.15) is 21.5 Å². The number of benzene rings is 3. The molecule has 4 rings (SSSR count). The van der Waals surface area contributed by atoms with E-state index in [1.54, 1.807) is 50.6 Å². The van der Waals surface area contributed by atoms with E-state index in [-0.39, 0.29) is 11.5 Å². The molecule has 0 unspecified atom stereocenters. The van der Waals surface area contributed by atoms with Crippen LogP contribution < -0.4 is 20.1 Å². The van der Waals surface area contributed by atoms with E-state index < -0.39 is 11.8 Å². The standard InChI is InChI=1S/C25H22N2O6/c1-32-16-5-7-17(23(11-16)33-2)15-4-6-18-19(10-15)20(25(31)27-24(18)30)13-26-12-14-3-8-21(28)22(29)9-14/h3-11,13,26,28-29H,12H2,1-2H3,(H,27,30,31). The molecule has 4 N–H and O–H groups in total. The molecular weight excluding hydrogens is 424 g/mol. The molecule has 1 aliphatic rings. The van der Waals surface area contributed by atoms with Crippen LogP contribution in [0, 0.1) is 0 Å². The number of nitrogens with one attached hydrogen (secondary N) is 2. The van der Waals surface area contributed by atoms with Gasteiger partial charge in [-0.15, -0.1) is 0 Å².